The van der Waals surface area contributed by atoms with Crippen LogP contribution in [0.4, 0.5) is 0 Å². The molecule has 0 unspecified atom stereocenters. The van der Waals surface area contributed by atoms with E-state index in [0.29, 0.717) is 51.1 Å². The third-order valence-electron chi connectivity index (χ3n) is 15.5. The Kier molecular flexibility index (Phi) is 38.0. The molecule has 2 saturated heterocycles. The first kappa shape index (κ1) is 67.5. The monoisotopic (exact) mass is 1090 g/mol. The van der Waals surface area contributed by atoms with Crippen molar-refractivity contribution < 1.29 is 57.9 Å². The normalized spacial score (nSPS) is 14.4. The van der Waals surface area contributed by atoms with Crippen molar-refractivity contribution in [3.8, 4) is 0 Å². The third kappa shape index (κ3) is 35.6. The Balaban J connectivity index is 0.000000439. The number of hydrogen-bond donors (Lipinski definition) is 2. The Morgan fingerprint density at radius 1 is 0.410 bits per heavy atom. The molecular weight excluding hydrogens is 989 g/mol. The van der Waals surface area contributed by atoms with Crippen LogP contribution < -0.4 is 0 Å². The van der Waals surface area contributed by atoms with Crippen LogP contribution in [-0.2, 0) is 60.9 Å². The number of rotatable bonds is 42. The molecule has 0 bridgehead atoms. The highest BCUT2D eigenvalue weighted by molar-refractivity contribution is 5.73. The summed E-state index contributed by atoms with van der Waals surface area (Å²) in [5.41, 5.74) is 2.03. The summed E-state index contributed by atoms with van der Waals surface area (Å²) in [7, 11) is 4.19. The highest BCUT2D eigenvalue weighted by Crippen LogP contribution is 2.25. The van der Waals surface area contributed by atoms with Gasteiger partial charge in [0, 0.05) is 25.7 Å². The summed E-state index contributed by atoms with van der Waals surface area (Å²) in [6.07, 6.45) is 29.5. The molecule has 2 N–H and O–H groups in total. The van der Waals surface area contributed by atoms with E-state index in [1.165, 1.54) is 0 Å². The first-order valence-electron chi connectivity index (χ1n) is 30.4. The summed E-state index contributed by atoms with van der Waals surface area (Å²) in [5, 5.41) is 17.4. The zero-order valence-electron chi connectivity index (χ0n) is 48.2. The van der Waals surface area contributed by atoms with Crippen LogP contribution >= 0.6 is 0 Å². The van der Waals surface area contributed by atoms with Gasteiger partial charge >= 0.3 is 35.8 Å². The van der Waals surface area contributed by atoms with Gasteiger partial charge in [0.2, 0.25) is 0 Å². The van der Waals surface area contributed by atoms with Crippen LogP contribution in [0.5, 0.6) is 0 Å². The fraction of sp³-hybridized carbons (Fsp3) is 0.719. The van der Waals surface area contributed by atoms with Gasteiger partial charge in [-0.1, -0.05) is 163 Å². The van der Waals surface area contributed by atoms with Gasteiger partial charge in [-0.15, -0.1) is 0 Å². The molecule has 2 fully saturated rings. The van der Waals surface area contributed by atoms with E-state index < -0.39 is 11.9 Å². The molecule has 0 spiro atoms. The van der Waals surface area contributed by atoms with Gasteiger partial charge in [0.1, 0.15) is 13.2 Å². The molecule has 0 aromatic heterocycles. The Bertz CT molecular complexity index is 1790. The van der Waals surface area contributed by atoms with E-state index >= 15 is 0 Å². The van der Waals surface area contributed by atoms with Gasteiger partial charge in [-0.25, -0.2) is 0 Å². The number of carboxylic acids is 2. The lowest BCUT2D eigenvalue weighted by Crippen LogP contribution is -2.34. The molecule has 14 nitrogen and oxygen atoms in total. The second-order valence-corrected chi connectivity index (χ2v) is 22.5. The van der Waals surface area contributed by atoms with Crippen LogP contribution in [0.15, 0.2) is 60.7 Å². The SMILES string of the molecule is CN1CCC(C(=O)OCC(CCCCCCCC(=O)O)CCCCCCCC(=O)O)CC1.CN1CCC(C(=O)OCC(CCCCCCCC(=O)OCc2ccccc2)CCCCCCCC(=O)OCc2ccccc2)CC1. The first-order chi connectivity index (χ1) is 37.9. The lowest BCUT2D eigenvalue weighted by Gasteiger charge is -2.28. The van der Waals surface area contributed by atoms with Crippen molar-refractivity contribution >= 4 is 35.8 Å². The minimum Gasteiger partial charge on any atom is -0.481 e. The van der Waals surface area contributed by atoms with E-state index in [2.05, 4.69) is 23.9 Å². The smallest absolute Gasteiger partial charge is 0.309 e. The maximum absolute atomic E-state index is 12.8. The molecule has 14 heteroatoms. The number of esters is 4. The molecule has 0 amide bonds. The fourth-order valence-electron chi connectivity index (χ4n) is 10.3. The topological polar surface area (TPSA) is 186 Å². The molecule has 4 rings (SSSR count). The fourth-order valence-corrected chi connectivity index (χ4v) is 10.3. The third-order valence-corrected chi connectivity index (χ3v) is 15.5. The van der Waals surface area contributed by atoms with Crippen molar-refractivity contribution in [1.29, 1.82) is 0 Å². The van der Waals surface area contributed by atoms with Gasteiger partial charge in [0.25, 0.3) is 0 Å². The van der Waals surface area contributed by atoms with E-state index in [1.54, 1.807) is 0 Å². The van der Waals surface area contributed by atoms with E-state index in [1.807, 2.05) is 60.7 Å². The number of likely N-dealkylation sites (tertiary alicyclic amines) is 2. The number of unbranched alkanes of at least 4 members (excludes halogenated alkanes) is 16. The van der Waals surface area contributed by atoms with Crippen LogP contribution in [0.2, 0.25) is 0 Å². The summed E-state index contributed by atoms with van der Waals surface area (Å²) >= 11 is 0. The summed E-state index contributed by atoms with van der Waals surface area (Å²) < 4.78 is 22.4. The zero-order valence-corrected chi connectivity index (χ0v) is 48.2. The van der Waals surface area contributed by atoms with Crippen molar-refractivity contribution in [3.05, 3.63) is 71.8 Å². The van der Waals surface area contributed by atoms with Crippen LogP contribution in [0.1, 0.15) is 217 Å². The number of carboxylic acid groups (broad SMARTS) is 2. The van der Waals surface area contributed by atoms with E-state index in [-0.39, 0.29) is 48.6 Å². The number of aliphatic carboxylic acids is 2. The minimum atomic E-state index is -0.723. The van der Waals surface area contributed by atoms with Crippen LogP contribution in [0, 0.1) is 23.7 Å². The van der Waals surface area contributed by atoms with Crippen LogP contribution in [0.3, 0.4) is 0 Å². The first-order valence-corrected chi connectivity index (χ1v) is 30.4. The van der Waals surface area contributed by atoms with E-state index in [9.17, 15) is 28.8 Å². The van der Waals surface area contributed by atoms with Gasteiger partial charge in [0.05, 0.1) is 25.0 Å². The standard InChI is InChI=1S/C39H57NO6.C25H45NO6/c1-40-28-26-36(27-29-40)39(43)46-32-35(18-10-4-2-6-16-24-37(41)44-30-33-20-12-8-13-21-33)19-11-5-3-7-17-25-38(42)45-31-34-22-14-9-15-23-34;1-26-18-16-22(17-19-26)25(31)32-20-21(12-8-4-2-6-10-14-23(27)28)13-9-5-3-7-11-15-24(29)30/h8-9,12-15,20-23,35-36H,2-7,10-11,16-19,24-32H2,1H3;21-22H,2-20H2,1H3,(H,27,28)(H,29,30). The highest BCUT2D eigenvalue weighted by atomic mass is 16.5. The predicted molar refractivity (Wildman–Crippen MR) is 306 cm³/mol. The molecular formula is C64H102N2O12. The molecule has 2 aromatic carbocycles. The van der Waals surface area contributed by atoms with Gasteiger partial charge in [0.15, 0.2) is 0 Å². The molecule has 2 aliphatic heterocycles. The molecule has 0 saturated carbocycles. The highest BCUT2D eigenvalue weighted by Gasteiger charge is 2.27. The van der Waals surface area contributed by atoms with E-state index in [0.717, 1.165) is 217 Å². The zero-order chi connectivity index (χ0) is 56.3. The molecule has 440 valence electrons. The van der Waals surface area contributed by atoms with Crippen molar-refractivity contribution in [2.75, 3.05) is 53.5 Å². The average molecular weight is 1090 g/mol. The van der Waals surface area contributed by atoms with E-state index in [4.69, 9.17) is 29.2 Å². The molecule has 0 radical (unpaired) electrons. The van der Waals surface area contributed by atoms with Crippen molar-refractivity contribution in [2.45, 2.75) is 219 Å². The van der Waals surface area contributed by atoms with Crippen molar-refractivity contribution in [3.63, 3.8) is 0 Å². The van der Waals surface area contributed by atoms with Crippen molar-refractivity contribution in [1.82, 2.24) is 9.80 Å². The largest absolute Gasteiger partial charge is 0.481 e. The number of nitrogens with zero attached hydrogens (tertiary/aromatic N) is 2. The van der Waals surface area contributed by atoms with Crippen molar-refractivity contribution in [2.24, 2.45) is 23.7 Å². The number of benzene rings is 2. The molecule has 78 heavy (non-hydrogen) atoms. The van der Waals surface area contributed by atoms with Crippen LogP contribution in [0.25, 0.3) is 0 Å². The Morgan fingerprint density at radius 3 is 1.00 bits per heavy atom. The number of carbonyl (C=O) groups excluding carboxylic acids is 4. The maximum Gasteiger partial charge on any atom is 0.309 e. The Morgan fingerprint density at radius 2 is 0.692 bits per heavy atom. The lowest BCUT2D eigenvalue weighted by molar-refractivity contribution is -0.152. The summed E-state index contributed by atoms with van der Waals surface area (Å²) in [4.78, 5) is 75.0. The number of piperidine rings is 2. The number of hydrogen-bond acceptors (Lipinski definition) is 12. The summed E-state index contributed by atoms with van der Waals surface area (Å²) in [6, 6.07) is 19.6. The molecule has 0 atom stereocenters. The Hall–Kier alpha value is -4.82. The van der Waals surface area contributed by atoms with Gasteiger partial charge < -0.3 is 39.0 Å². The maximum atomic E-state index is 12.8. The number of ether oxygens (including phenoxy) is 4. The predicted octanol–water partition coefficient (Wildman–Crippen LogP) is 13.6. The molecule has 2 aromatic rings. The second kappa shape index (κ2) is 44.0. The quantitative estimate of drug-likeness (QED) is 0.0363. The minimum absolute atomic E-state index is 0.0172. The Labute approximate surface area is 469 Å². The van der Waals surface area contributed by atoms with Crippen LogP contribution in [-0.4, -0.2) is 109 Å². The van der Waals surface area contributed by atoms with Gasteiger partial charge in [-0.3, -0.25) is 28.8 Å². The lowest BCUT2D eigenvalue weighted by atomic mass is 9.94. The second-order valence-electron chi connectivity index (χ2n) is 22.5. The van der Waals surface area contributed by atoms with Gasteiger partial charge in [-0.05, 0) is 140 Å². The van der Waals surface area contributed by atoms with Gasteiger partial charge in [-0.2, -0.15) is 0 Å². The molecule has 0 aliphatic carbocycles. The molecule has 2 aliphatic rings. The molecule has 2 heterocycles. The summed E-state index contributed by atoms with van der Waals surface area (Å²) in [6.45, 7) is 5.52. The average Bonchev–Trinajstić information content (AvgIpc) is 3.44. The summed E-state index contributed by atoms with van der Waals surface area (Å²) in [5.74, 6) is -0.914. The number of carbonyl (C=O) groups is 6.